The number of aromatic amines is 1. The Morgan fingerprint density at radius 1 is 1.07 bits per heavy atom. The van der Waals surface area contributed by atoms with Crippen molar-refractivity contribution >= 4 is 11.8 Å². The highest BCUT2D eigenvalue weighted by atomic mass is 16.5. The Morgan fingerprint density at radius 3 is 2.61 bits per heavy atom. The lowest BCUT2D eigenvalue weighted by Gasteiger charge is -2.24. The van der Waals surface area contributed by atoms with Gasteiger partial charge in [0.05, 0.1) is 19.8 Å². The normalized spacial score (nSPS) is 16.5. The number of carbonyl (C=O) groups is 2. The quantitative estimate of drug-likeness (QED) is 0.359. The summed E-state index contributed by atoms with van der Waals surface area (Å²) in [7, 11) is 3.21. The molecule has 4 bridgehead atoms. The Morgan fingerprint density at radius 2 is 1.88 bits per heavy atom. The van der Waals surface area contributed by atoms with E-state index in [-0.39, 0.29) is 17.7 Å². The first kappa shape index (κ1) is 30.0. The second-order valence-corrected chi connectivity index (χ2v) is 11.0. The number of imidazole rings is 1. The van der Waals surface area contributed by atoms with Crippen LogP contribution in [0.5, 0.6) is 11.5 Å². The number of hydrogen-bond donors (Lipinski definition) is 3. The molecule has 10 heteroatoms. The Hall–Kier alpha value is -3.92. The molecule has 0 radical (unpaired) electrons. The van der Waals surface area contributed by atoms with Crippen molar-refractivity contribution in [1.82, 2.24) is 30.5 Å². The standard InChI is InChI=1S/C31H42N6O4/c1-6-7-8-28-34-17-24(35-28)19-37-10-9-33-31(39)26(11-20(2)3)36-30(38)23-14-22(15-32-16-23)25-12-21(18-37)13-27(40-4)29(25)41-5/h12-17,20,26H,6-11,18-19H2,1-5H3,(H,33,39)(H,34,35)(H,36,38)/t26-/m1/s1. The van der Waals surface area contributed by atoms with Gasteiger partial charge in [0.1, 0.15) is 11.9 Å². The molecule has 0 saturated carbocycles. The molecule has 1 aromatic carbocycles. The van der Waals surface area contributed by atoms with E-state index in [1.807, 2.05) is 32.2 Å². The van der Waals surface area contributed by atoms with Crippen molar-refractivity contribution < 1.29 is 19.1 Å². The molecule has 4 rings (SSSR count). The number of H-pyrrole nitrogens is 1. The van der Waals surface area contributed by atoms with Crippen LogP contribution in [-0.2, 0) is 24.3 Å². The number of hydrogen-bond acceptors (Lipinski definition) is 7. The van der Waals surface area contributed by atoms with Crippen LogP contribution in [0.15, 0.2) is 36.8 Å². The molecule has 1 aliphatic heterocycles. The van der Waals surface area contributed by atoms with E-state index < -0.39 is 6.04 Å². The molecular formula is C31H42N6O4. The minimum atomic E-state index is -0.658. The number of carbonyl (C=O) groups excluding carboxylic acids is 2. The molecule has 3 N–H and O–H groups in total. The molecule has 1 aliphatic rings. The fourth-order valence-corrected chi connectivity index (χ4v) is 5.11. The third kappa shape index (κ3) is 7.85. The van der Waals surface area contributed by atoms with Gasteiger partial charge < -0.3 is 25.1 Å². The SMILES string of the molecule is CCCCc1ncc(CN2CCNC(=O)[C@@H](CC(C)C)NC(=O)c3cncc(c3)-c3cc(cc(OC)c3OC)C2)[nH]1. The largest absolute Gasteiger partial charge is 0.493 e. The average Bonchev–Trinajstić information content (AvgIpc) is 3.41. The zero-order chi connectivity index (χ0) is 29.4. The molecule has 0 unspecified atom stereocenters. The van der Waals surface area contributed by atoms with E-state index in [9.17, 15) is 9.59 Å². The molecule has 41 heavy (non-hydrogen) atoms. The van der Waals surface area contributed by atoms with E-state index in [0.29, 0.717) is 49.7 Å². The first-order valence-corrected chi connectivity index (χ1v) is 14.3. The van der Waals surface area contributed by atoms with Crippen LogP contribution < -0.4 is 20.1 Å². The van der Waals surface area contributed by atoms with Gasteiger partial charge >= 0.3 is 0 Å². The summed E-state index contributed by atoms with van der Waals surface area (Å²) in [4.78, 5) is 41.1. The Labute approximate surface area is 242 Å². The maximum absolute atomic E-state index is 13.3. The van der Waals surface area contributed by atoms with Crippen molar-refractivity contribution in [3.05, 3.63) is 59.4 Å². The number of benzene rings is 1. The molecule has 2 aromatic heterocycles. The summed E-state index contributed by atoms with van der Waals surface area (Å²) in [5, 5.41) is 5.98. The van der Waals surface area contributed by atoms with Crippen molar-refractivity contribution in [2.75, 3.05) is 27.3 Å². The van der Waals surface area contributed by atoms with Crippen LogP contribution in [0.1, 0.15) is 67.5 Å². The summed E-state index contributed by atoms with van der Waals surface area (Å²) in [6.07, 6.45) is 8.74. The van der Waals surface area contributed by atoms with Gasteiger partial charge in [-0.25, -0.2) is 4.98 Å². The molecule has 3 heterocycles. The second-order valence-electron chi connectivity index (χ2n) is 11.0. The number of unbranched alkanes of at least 4 members (excludes halogenated alkanes) is 1. The van der Waals surface area contributed by atoms with Crippen molar-refractivity contribution in [3.63, 3.8) is 0 Å². The molecule has 0 aliphatic carbocycles. The number of amides is 2. The lowest BCUT2D eigenvalue weighted by Crippen LogP contribution is -2.48. The maximum Gasteiger partial charge on any atom is 0.253 e. The minimum absolute atomic E-state index is 0.196. The average molecular weight is 563 g/mol. The fourth-order valence-electron chi connectivity index (χ4n) is 5.11. The highest BCUT2D eigenvalue weighted by Crippen LogP contribution is 2.39. The predicted octanol–water partition coefficient (Wildman–Crippen LogP) is 4.11. The van der Waals surface area contributed by atoms with Gasteiger partial charge in [0, 0.05) is 68.0 Å². The van der Waals surface area contributed by atoms with Gasteiger partial charge in [-0.2, -0.15) is 0 Å². The van der Waals surface area contributed by atoms with Crippen LogP contribution in [-0.4, -0.2) is 65.0 Å². The summed E-state index contributed by atoms with van der Waals surface area (Å²) >= 11 is 0. The van der Waals surface area contributed by atoms with Gasteiger partial charge in [0.2, 0.25) is 5.91 Å². The van der Waals surface area contributed by atoms with Gasteiger partial charge in [0.15, 0.2) is 11.5 Å². The van der Waals surface area contributed by atoms with Gasteiger partial charge in [-0.05, 0) is 42.5 Å². The third-order valence-corrected chi connectivity index (χ3v) is 7.15. The molecule has 1 atom stereocenters. The molecule has 2 amide bonds. The fraction of sp³-hybridized carbons (Fsp3) is 0.484. The van der Waals surface area contributed by atoms with Gasteiger partial charge in [0.25, 0.3) is 5.91 Å². The number of rotatable bonds is 9. The number of nitrogens with zero attached hydrogens (tertiary/aromatic N) is 3. The van der Waals surface area contributed by atoms with E-state index in [0.717, 1.165) is 47.5 Å². The lowest BCUT2D eigenvalue weighted by atomic mass is 10.00. The number of fused-ring (bicyclic) bond motifs is 5. The second kappa shape index (κ2) is 14.1. The number of aromatic nitrogens is 3. The topological polar surface area (TPSA) is 121 Å². The number of pyridine rings is 1. The van der Waals surface area contributed by atoms with E-state index in [1.165, 1.54) is 6.20 Å². The summed E-state index contributed by atoms with van der Waals surface area (Å²) < 4.78 is 11.5. The van der Waals surface area contributed by atoms with Crippen LogP contribution >= 0.6 is 0 Å². The predicted molar refractivity (Wildman–Crippen MR) is 158 cm³/mol. The smallest absolute Gasteiger partial charge is 0.253 e. The van der Waals surface area contributed by atoms with Crippen molar-refractivity contribution in [2.45, 2.75) is 65.6 Å². The molecule has 0 saturated heterocycles. The summed E-state index contributed by atoms with van der Waals surface area (Å²) in [5.41, 5.74) is 3.87. The van der Waals surface area contributed by atoms with E-state index in [4.69, 9.17) is 9.47 Å². The Balaban J connectivity index is 1.74. The summed E-state index contributed by atoms with van der Waals surface area (Å²) in [6, 6.07) is 5.13. The first-order chi connectivity index (χ1) is 19.8. The highest BCUT2D eigenvalue weighted by molar-refractivity contribution is 5.98. The van der Waals surface area contributed by atoms with E-state index >= 15 is 0 Å². The van der Waals surface area contributed by atoms with Gasteiger partial charge in [-0.15, -0.1) is 0 Å². The number of aryl methyl sites for hydroxylation is 1. The maximum atomic E-state index is 13.3. The molecule has 0 spiro atoms. The third-order valence-electron chi connectivity index (χ3n) is 7.15. The van der Waals surface area contributed by atoms with Crippen LogP contribution in [0.3, 0.4) is 0 Å². The number of methoxy groups -OCH3 is 2. The summed E-state index contributed by atoms with van der Waals surface area (Å²) in [5.74, 6) is 1.81. The molecule has 3 aromatic rings. The molecule has 0 fully saturated rings. The van der Waals surface area contributed by atoms with Crippen LogP contribution in [0.2, 0.25) is 0 Å². The number of ether oxygens (including phenoxy) is 2. The Bertz CT molecular complexity index is 1340. The number of nitrogens with one attached hydrogen (secondary N) is 3. The first-order valence-electron chi connectivity index (χ1n) is 14.3. The van der Waals surface area contributed by atoms with Crippen LogP contribution in [0, 0.1) is 5.92 Å². The van der Waals surface area contributed by atoms with E-state index in [2.05, 4.69) is 37.4 Å². The molecular weight excluding hydrogens is 520 g/mol. The van der Waals surface area contributed by atoms with E-state index in [1.54, 1.807) is 26.5 Å². The van der Waals surface area contributed by atoms with Crippen molar-refractivity contribution in [2.24, 2.45) is 5.92 Å². The molecule has 220 valence electrons. The lowest BCUT2D eigenvalue weighted by molar-refractivity contribution is -0.123. The minimum Gasteiger partial charge on any atom is -0.493 e. The van der Waals surface area contributed by atoms with Crippen molar-refractivity contribution in [3.8, 4) is 22.6 Å². The zero-order valence-corrected chi connectivity index (χ0v) is 24.8. The van der Waals surface area contributed by atoms with Crippen LogP contribution in [0.25, 0.3) is 11.1 Å². The van der Waals surface area contributed by atoms with Gasteiger partial charge in [-0.1, -0.05) is 27.2 Å². The van der Waals surface area contributed by atoms with Crippen molar-refractivity contribution in [1.29, 1.82) is 0 Å². The van der Waals surface area contributed by atoms with Gasteiger partial charge in [-0.3, -0.25) is 19.5 Å². The Kier molecular flexibility index (Phi) is 10.3. The van der Waals surface area contributed by atoms with Crippen LogP contribution in [0.4, 0.5) is 0 Å². The molecule has 10 nitrogen and oxygen atoms in total. The monoisotopic (exact) mass is 562 g/mol. The summed E-state index contributed by atoms with van der Waals surface area (Å²) in [6.45, 7) is 8.47. The zero-order valence-electron chi connectivity index (χ0n) is 24.8. The highest BCUT2D eigenvalue weighted by Gasteiger charge is 2.24.